The Balaban J connectivity index is 1.69. The summed E-state index contributed by atoms with van der Waals surface area (Å²) >= 11 is 0. The summed E-state index contributed by atoms with van der Waals surface area (Å²) in [7, 11) is 0. The summed E-state index contributed by atoms with van der Waals surface area (Å²) in [6.07, 6.45) is -3.94. The average Bonchev–Trinajstić information content (AvgIpc) is 2.89. The molecule has 0 aromatic heterocycles. The summed E-state index contributed by atoms with van der Waals surface area (Å²) in [6.45, 7) is -1.14. The molecule has 1 aliphatic heterocycles. The van der Waals surface area contributed by atoms with Gasteiger partial charge in [-0.2, -0.15) is 13.2 Å². The number of carbonyl (C=O) groups excluding carboxylic acids is 3. The smallest absolute Gasteiger partial charge is 0.367 e. The van der Waals surface area contributed by atoms with E-state index in [9.17, 15) is 27.6 Å². The molecule has 1 N–H and O–H groups in total. The van der Waals surface area contributed by atoms with E-state index in [0.29, 0.717) is 5.56 Å². The van der Waals surface area contributed by atoms with Gasteiger partial charge in [0, 0.05) is 32.4 Å². The summed E-state index contributed by atoms with van der Waals surface area (Å²) in [4.78, 5) is 35.8. The molecule has 0 bridgehead atoms. The number of rotatable bonds is 8. The van der Waals surface area contributed by atoms with E-state index in [1.807, 2.05) is 0 Å². The van der Waals surface area contributed by atoms with Crippen LogP contribution in [0.2, 0.25) is 0 Å². The molecule has 1 aromatic rings. The van der Waals surface area contributed by atoms with Crippen LogP contribution in [-0.2, 0) is 32.3 Å². The van der Waals surface area contributed by atoms with Gasteiger partial charge in [-0.3, -0.25) is 19.3 Å². The van der Waals surface area contributed by atoms with Gasteiger partial charge in [-0.15, -0.1) is 0 Å². The van der Waals surface area contributed by atoms with E-state index >= 15 is 0 Å². The first-order valence-corrected chi connectivity index (χ1v) is 8.07. The Morgan fingerprint density at radius 1 is 1.08 bits per heavy atom. The van der Waals surface area contributed by atoms with Crippen molar-refractivity contribution in [3.8, 4) is 0 Å². The molecule has 26 heavy (non-hydrogen) atoms. The minimum atomic E-state index is -4.35. The number of carbonyl (C=O) groups is 3. The second kappa shape index (κ2) is 8.79. The Morgan fingerprint density at radius 2 is 1.65 bits per heavy atom. The molecule has 9 heteroatoms. The molecule has 0 aliphatic carbocycles. The van der Waals surface area contributed by atoms with Crippen molar-refractivity contribution < 1.29 is 32.3 Å². The highest BCUT2D eigenvalue weighted by Crippen LogP contribution is 2.16. The van der Waals surface area contributed by atoms with Crippen LogP contribution in [0.3, 0.4) is 0 Å². The van der Waals surface area contributed by atoms with Gasteiger partial charge in [0.2, 0.25) is 17.7 Å². The third-order valence-electron chi connectivity index (χ3n) is 3.76. The number of ether oxygens (including phenoxy) is 1. The number of nitrogens with one attached hydrogen (secondary N) is 1. The Kier molecular flexibility index (Phi) is 6.73. The Hall–Kier alpha value is -2.42. The first kappa shape index (κ1) is 19.9. The van der Waals surface area contributed by atoms with Crippen LogP contribution >= 0.6 is 0 Å². The predicted octanol–water partition coefficient (Wildman–Crippen LogP) is 1.92. The molecule has 0 saturated carbocycles. The fraction of sp³-hybridized carbons (Fsp3) is 0.471. The van der Waals surface area contributed by atoms with Crippen LogP contribution in [0.4, 0.5) is 13.2 Å². The predicted molar refractivity (Wildman–Crippen MR) is 84.6 cm³/mol. The number of amides is 3. The largest absolute Gasteiger partial charge is 0.411 e. The van der Waals surface area contributed by atoms with E-state index in [1.54, 1.807) is 24.3 Å². The van der Waals surface area contributed by atoms with Crippen molar-refractivity contribution in [2.24, 2.45) is 0 Å². The summed E-state index contributed by atoms with van der Waals surface area (Å²) in [5.74, 6) is -0.813. The molecule has 0 spiro atoms. The quantitative estimate of drug-likeness (QED) is 0.708. The zero-order valence-electron chi connectivity index (χ0n) is 14.0. The molecule has 3 amide bonds. The van der Waals surface area contributed by atoms with Crippen LogP contribution in [0.1, 0.15) is 30.4 Å². The summed E-state index contributed by atoms with van der Waals surface area (Å²) in [6, 6.07) is 6.61. The van der Waals surface area contributed by atoms with Crippen LogP contribution in [0.15, 0.2) is 24.3 Å². The lowest BCUT2D eigenvalue weighted by Gasteiger charge is -2.13. The van der Waals surface area contributed by atoms with E-state index in [1.165, 1.54) is 0 Å². The number of nitrogens with zero attached hydrogens (tertiary/aromatic N) is 1. The molecule has 1 saturated heterocycles. The summed E-state index contributed by atoms with van der Waals surface area (Å²) in [5.41, 5.74) is 1.36. The zero-order chi connectivity index (χ0) is 19.2. The SMILES string of the molecule is O=C(CCN1C(=O)CCC1=O)NCc1ccc(COCC(F)(F)F)cc1. The first-order chi connectivity index (χ1) is 12.2. The number of imide groups is 1. The second-order valence-electron chi connectivity index (χ2n) is 5.89. The van der Waals surface area contributed by atoms with Crippen LogP contribution in [0.25, 0.3) is 0 Å². The number of hydrogen-bond donors (Lipinski definition) is 1. The average molecular weight is 372 g/mol. The number of benzene rings is 1. The molecule has 1 aliphatic rings. The summed E-state index contributed by atoms with van der Waals surface area (Å²) in [5, 5.41) is 2.67. The van der Waals surface area contributed by atoms with Crippen molar-refractivity contribution in [3.05, 3.63) is 35.4 Å². The molecular weight excluding hydrogens is 353 g/mol. The van der Waals surface area contributed by atoms with Crippen molar-refractivity contribution in [3.63, 3.8) is 0 Å². The molecular formula is C17H19F3N2O4. The van der Waals surface area contributed by atoms with Gasteiger partial charge in [-0.25, -0.2) is 0 Å². The molecule has 6 nitrogen and oxygen atoms in total. The molecule has 0 atom stereocenters. The van der Waals surface area contributed by atoms with Crippen molar-refractivity contribution in [1.29, 1.82) is 0 Å². The van der Waals surface area contributed by atoms with E-state index in [-0.39, 0.29) is 56.7 Å². The maximum atomic E-state index is 12.0. The van der Waals surface area contributed by atoms with Crippen molar-refractivity contribution in [2.45, 2.75) is 38.6 Å². The highest BCUT2D eigenvalue weighted by molar-refractivity contribution is 6.02. The maximum Gasteiger partial charge on any atom is 0.411 e. The molecule has 142 valence electrons. The van der Waals surface area contributed by atoms with E-state index < -0.39 is 12.8 Å². The second-order valence-corrected chi connectivity index (χ2v) is 5.89. The monoisotopic (exact) mass is 372 g/mol. The fourth-order valence-electron chi connectivity index (χ4n) is 2.41. The summed E-state index contributed by atoms with van der Waals surface area (Å²) < 4.78 is 40.6. The lowest BCUT2D eigenvalue weighted by atomic mass is 10.1. The van der Waals surface area contributed by atoms with Gasteiger partial charge >= 0.3 is 6.18 Å². The van der Waals surface area contributed by atoms with Gasteiger partial charge in [0.1, 0.15) is 6.61 Å². The van der Waals surface area contributed by atoms with Crippen molar-refractivity contribution >= 4 is 17.7 Å². The van der Waals surface area contributed by atoms with Crippen LogP contribution < -0.4 is 5.32 Å². The van der Waals surface area contributed by atoms with E-state index in [0.717, 1.165) is 10.5 Å². The number of halogens is 3. The van der Waals surface area contributed by atoms with E-state index in [4.69, 9.17) is 0 Å². The minimum absolute atomic E-state index is 0.0286. The normalized spacial score (nSPS) is 14.8. The van der Waals surface area contributed by atoms with Crippen molar-refractivity contribution in [2.75, 3.05) is 13.2 Å². The van der Waals surface area contributed by atoms with Crippen molar-refractivity contribution in [1.82, 2.24) is 10.2 Å². The van der Waals surface area contributed by atoms with Crippen LogP contribution in [0.5, 0.6) is 0 Å². The third-order valence-corrected chi connectivity index (χ3v) is 3.76. The lowest BCUT2D eigenvalue weighted by Crippen LogP contribution is -2.34. The van der Waals surface area contributed by atoms with Crippen LogP contribution in [0, 0.1) is 0 Å². The minimum Gasteiger partial charge on any atom is -0.367 e. The Bertz CT molecular complexity index is 643. The number of hydrogen-bond acceptors (Lipinski definition) is 4. The van der Waals surface area contributed by atoms with Gasteiger partial charge < -0.3 is 10.1 Å². The van der Waals surface area contributed by atoms with Gasteiger partial charge in [0.25, 0.3) is 0 Å². The molecule has 1 heterocycles. The molecule has 1 fully saturated rings. The Labute approximate surface area is 148 Å². The van der Waals surface area contributed by atoms with Gasteiger partial charge in [-0.1, -0.05) is 24.3 Å². The van der Waals surface area contributed by atoms with Crippen LogP contribution in [-0.4, -0.2) is 41.9 Å². The van der Waals surface area contributed by atoms with E-state index in [2.05, 4.69) is 10.1 Å². The maximum absolute atomic E-state index is 12.0. The fourth-order valence-corrected chi connectivity index (χ4v) is 2.41. The van der Waals surface area contributed by atoms with Gasteiger partial charge in [0.05, 0.1) is 6.61 Å². The Morgan fingerprint density at radius 3 is 2.23 bits per heavy atom. The number of alkyl halides is 3. The number of likely N-dealkylation sites (tertiary alicyclic amines) is 1. The molecule has 2 rings (SSSR count). The standard InChI is InChI=1S/C17H19F3N2O4/c18-17(19,20)11-26-10-13-3-1-12(2-4-13)9-21-14(23)7-8-22-15(24)5-6-16(22)25/h1-4H,5-11H2,(H,21,23). The highest BCUT2D eigenvalue weighted by Gasteiger charge is 2.29. The first-order valence-electron chi connectivity index (χ1n) is 8.07. The molecule has 0 unspecified atom stereocenters. The molecule has 1 aromatic carbocycles. The lowest BCUT2D eigenvalue weighted by molar-refractivity contribution is -0.176. The third kappa shape index (κ3) is 6.47. The highest BCUT2D eigenvalue weighted by atomic mass is 19.4. The van der Waals surface area contributed by atoms with Gasteiger partial charge in [0.15, 0.2) is 0 Å². The molecule has 0 radical (unpaired) electrons. The zero-order valence-corrected chi connectivity index (χ0v) is 14.0. The topological polar surface area (TPSA) is 75.7 Å². The van der Waals surface area contributed by atoms with Gasteiger partial charge in [-0.05, 0) is 11.1 Å².